The van der Waals surface area contributed by atoms with Gasteiger partial charge >= 0.3 is 0 Å². The molecule has 1 aromatic rings. The molecule has 0 spiro atoms. The lowest BCUT2D eigenvalue weighted by molar-refractivity contribution is 0.183. The number of halogens is 1. The Morgan fingerprint density at radius 3 is 2.67 bits per heavy atom. The van der Waals surface area contributed by atoms with E-state index in [0.717, 1.165) is 12.5 Å². The van der Waals surface area contributed by atoms with Crippen LogP contribution in [0.3, 0.4) is 0 Å². The first kappa shape index (κ1) is 11.2. The van der Waals surface area contributed by atoms with Crippen LogP contribution in [0.1, 0.15) is 18.9 Å². The summed E-state index contributed by atoms with van der Waals surface area (Å²) in [5.41, 5.74) is 1.42. The van der Waals surface area contributed by atoms with E-state index in [2.05, 4.69) is 58.1 Å². The van der Waals surface area contributed by atoms with E-state index in [1.807, 2.05) is 0 Å². The van der Waals surface area contributed by atoms with E-state index >= 15 is 0 Å². The van der Waals surface area contributed by atoms with Crippen LogP contribution in [-0.2, 0) is 6.54 Å². The summed E-state index contributed by atoms with van der Waals surface area (Å²) < 4.78 is 0. The van der Waals surface area contributed by atoms with Crippen molar-refractivity contribution >= 4 is 15.9 Å². The Labute approximate surface area is 101 Å². The van der Waals surface area contributed by atoms with Crippen molar-refractivity contribution in [3.05, 3.63) is 35.9 Å². The van der Waals surface area contributed by atoms with Crippen LogP contribution in [0.5, 0.6) is 0 Å². The number of nitrogens with zero attached hydrogens (tertiary/aromatic N) is 1. The summed E-state index contributed by atoms with van der Waals surface area (Å²) in [6.07, 6.45) is 1.31. The molecule has 2 heteroatoms. The monoisotopic (exact) mass is 267 g/mol. The van der Waals surface area contributed by atoms with E-state index in [-0.39, 0.29) is 0 Å². The zero-order valence-electron chi connectivity index (χ0n) is 9.20. The van der Waals surface area contributed by atoms with Crippen molar-refractivity contribution in [2.24, 2.45) is 5.92 Å². The minimum atomic E-state index is 0.671. The van der Waals surface area contributed by atoms with E-state index < -0.39 is 0 Å². The van der Waals surface area contributed by atoms with Gasteiger partial charge < -0.3 is 0 Å². The summed E-state index contributed by atoms with van der Waals surface area (Å²) >= 11 is 3.74. The topological polar surface area (TPSA) is 3.24 Å². The second-order valence-electron chi connectivity index (χ2n) is 4.62. The fourth-order valence-electron chi connectivity index (χ4n) is 2.35. The van der Waals surface area contributed by atoms with Gasteiger partial charge in [0.1, 0.15) is 0 Å². The minimum Gasteiger partial charge on any atom is -0.298 e. The molecule has 1 aromatic carbocycles. The second kappa shape index (κ2) is 5.13. The fraction of sp³-hybridized carbons (Fsp3) is 0.538. The van der Waals surface area contributed by atoms with Crippen molar-refractivity contribution in [1.82, 2.24) is 4.90 Å². The molecule has 2 unspecified atom stereocenters. The normalized spacial score (nSPS) is 27.9. The van der Waals surface area contributed by atoms with Gasteiger partial charge in [0.25, 0.3) is 0 Å². The van der Waals surface area contributed by atoms with Crippen molar-refractivity contribution < 1.29 is 0 Å². The maximum atomic E-state index is 3.74. The van der Waals surface area contributed by atoms with Gasteiger partial charge in [0, 0.05) is 24.5 Å². The Morgan fingerprint density at radius 2 is 2.00 bits per heavy atom. The van der Waals surface area contributed by atoms with Crippen LogP contribution < -0.4 is 0 Å². The van der Waals surface area contributed by atoms with Gasteiger partial charge in [0.15, 0.2) is 0 Å². The Morgan fingerprint density at radius 1 is 1.27 bits per heavy atom. The highest BCUT2D eigenvalue weighted by atomic mass is 79.9. The first-order chi connectivity index (χ1) is 7.24. The second-order valence-corrected chi connectivity index (χ2v) is 5.91. The highest BCUT2D eigenvalue weighted by Crippen LogP contribution is 2.22. The molecule has 1 saturated heterocycles. The summed E-state index contributed by atoms with van der Waals surface area (Å²) in [6.45, 7) is 5.84. The van der Waals surface area contributed by atoms with E-state index in [0.29, 0.717) is 4.83 Å². The van der Waals surface area contributed by atoms with Gasteiger partial charge in [0.05, 0.1) is 0 Å². The van der Waals surface area contributed by atoms with Crippen molar-refractivity contribution in [2.75, 3.05) is 13.1 Å². The van der Waals surface area contributed by atoms with Crippen molar-refractivity contribution in [1.29, 1.82) is 0 Å². The Balaban J connectivity index is 1.94. The molecule has 0 aromatic heterocycles. The van der Waals surface area contributed by atoms with Crippen LogP contribution >= 0.6 is 15.9 Å². The lowest BCUT2D eigenvalue weighted by Crippen LogP contribution is -2.39. The van der Waals surface area contributed by atoms with Gasteiger partial charge in [-0.15, -0.1) is 0 Å². The molecule has 1 nitrogen and oxygen atoms in total. The summed E-state index contributed by atoms with van der Waals surface area (Å²) in [5, 5.41) is 0. The largest absolute Gasteiger partial charge is 0.298 e. The molecule has 0 radical (unpaired) electrons. The van der Waals surface area contributed by atoms with Crippen LogP contribution in [0.15, 0.2) is 30.3 Å². The quantitative estimate of drug-likeness (QED) is 0.744. The SMILES string of the molecule is CC1CC(Br)CN(Cc2ccccc2)C1. The summed E-state index contributed by atoms with van der Waals surface area (Å²) in [6, 6.07) is 10.7. The van der Waals surface area contributed by atoms with Crippen molar-refractivity contribution in [3.63, 3.8) is 0 Å². The molecular weight excluding hydrogens is 250 g/mol. The van der Waals surface area contributed by atoms with Gasteiger partial charge in [-0.2, -0.15) is 0 Å². The van der Waals surface area contributed by atoms with Gasteiger partial charge in [-0.05, 0) is 17.9 Å². The Kier molecular flexibility index (Phi) is 3.81. The zero-order valence-corrected chi connectivity index (χ0v) is 10.8. The van der Waals surface area contributed by atoms with Gasteiger partial charge in [-0.1, -0.05) is 53.2 Å². The molecule has 1 aliphatic heterocycles. The molecule has 15 heavy (non-hydrogen) atoms. The predicted octanol–water partition coefficient (Wildman–Crippen LogP) is 3.29. The van der Waals surface area contributed by atoms with E-state index in [4.69, 9.17) is 0 Å². The maximum absolute atomic E-state index is 3.74. The highest BCUT2D eigenvalue weighted by molar-refractivity contribution is 9.09. The molecule has 0 bridgehead atoms. The van der Waals surface area contributed by atoms with Crippen LogP contribution in [-0.4, -0.2) is 22.8 Å². The molecule has 1 heterocycles. The standard InChI is InChI=1S/C13H18BrN/c1-11-7-13(14)10-15(8-11)9-12-5-3-2-4-6-12/h2-6,11,13H,7-10H2,1H3. The van der Waals surface area contributed by atoms with Gasteiger partial charge in [-0.3, -0.25) is 4.90 Å². The van der Waals surface area contributed by atoms with E-state index in [1.54, 1.807) is 0 Å². The molecule has 2 atom stereocenters. The molecule has 0 N–H and O–H groups in total. The molecular formula is C13H18BrN. The number of alkyl halides is 1. The number of hydrogen-bond donors (Lipinski definition) is 0. The number of benzene rings is 1. The average molecular weight is 268 g/mol. The average Bonchev–Trinajstić information content (AvgIpc) is 2.17. The number of rotatable bonds is 2. The molecule has 0 amide bonds. The fourth-order valence-corrected chi connectivity index (χ4v) is 3.40. The number of hydrogen-bond acceptors (Lipinski definition) is 1. The Bertz CT molecular complexity index is 289. The lowest BCUT2D eigenvalue weighted by atomic mass is 10.00. The summed E-state index contributed by atoms with van der Waals surface area (Å²) in [5.74, 6) is 0.812. The third-order valence-corrected chi connectivity index (χ3v) is 3.60. The predicted molar refractivity (Wildman–Crippen MR) is 68.2 cm³/mol. The van der Waals surface area contributed by atoms with E-state index in [9.17, 15) is 0 Å². The minimum absolute atomic E-state index is 0.671. The third kappa shape index (κ3) is 3.32. The zero-order chi connectivity index (χ0) is 10.7. The smallest absolute Gasteiger partial charge is 0.0276 e. The highest BCUT2D eigenvalue weighted by Gasteiger charge is 2.22. The molecule has 0 saturated carbocycles. The molecule has 2 rings (SSSR count). The van der Waals surface area contributed by atoms with Crippen LogP contribution in [0.25, 0.3) is 0 Å². The number of likely N-dealkylation sites (tertiary alicyclic amines) is 1. The molecule has 1 fully saturated rings. The first-order valence-corrected chi connectivity index (χ1v) is 6.56. The van der Waals surface area contributed by atoms with E-state index in [1.165, 1.54) is 25.1 Å². The van der Waals surface area contributed by atoms with Crippen molar-refractivity contribution in [2.45, 2.75) is 24.7 Å². The maximum Gasteiger partial charge on any atom is 0.0276 e. The Hall–Kier alpha value is -0.340. The third-order valence-electron chi connectivity index (χ3n) is 2.93. The van der Waals surface area contributed by atoms with Crippen LogP contribution in [0.4, 0.5) is 0 Å². The molecule has 1 aliphatic rings. The van der Waals surface area contributed by atoms with Gasteiger partial charge in [-0.25, -0.2) is 0 Å². The van der Waals surface area contributed by atoms with Crippen LogP contribution in [0, 0.1) is 5.92 Å². The van der Waals surface area contributed by atoms with Crippen LogP contribution in [0.2, 0.25) is 0 Å². The number of piperidine rings is 1. The lowest BCUT2D eigenvalue weighted by Gasteiger charge is -2.34. The molecule has 82 valence electrons. The summed E-state index contributed by atoms with van der Waals surface area (Å²) in [7, 11) is 0. The summed E-state index contributed by atoms with van der Waals surface area (Å²) in [4.78, 5) is 3.22. The van der Waals surface area contributed by atoms with Crippen molar-refractivity contribution in [3.8, 4) is 0 Å². The van der Waals surface area contributed by atoms with Gasteiger partial charge in [0.2, 0.25) is 0 Å². The molecule has 0 aliphatic carbocycles. The first-order valence-electron chi connectivity index (χ1n) is 5.64.